The van der Waals surface area contributed by atoms with E-state index in [0.717, 1.165) is 30.6 Å². The number of cyclic esters (lactones) is 1. The first-order chi connectivity index (χ1) is 11.4. The van der Waals surface area contributed by atoms with Crippen molar-refractivity contribution in [2.45, 2.75) is 50.7 Å². The molecule has 2 atom stereocenters. The first-order valence-corrected chi connectivity index (χ1v) is 9.20. The number of carbonyl (C=O) groups is 1. The van der Waals surface area contributed by atoms with Crippen molar-refractivity contribution in [3.05, 3.63) is 28.0 Å². The van der Waals surface area contributed by atoms with Gasteiger partial charge in [-0.2, -0.15) is 0 Å². The third-order valence-electron chi connectivity index (χ3n) is 4.89. The van der Waals surface area contributed by atoms with Crippen LogP contribution in [0.3, 0.4) is 0 Å². The zero-order chi connectivity index (χ0) is 17.1. The van der Waals surface area contributed by atoms with Gasteiger partial charge in [0.15, 0.2) is 5.15 Å². The number of rotatable bonds is 1. The van der Waals surface area contributed by atoms with Gasteiger partial charge in [0.1, 0.15) is 21.5 Å². The molecule has 2 fully saturated rings. The summed E-state index contributed by atoms with van der Waals surface area (Å²) in [7, 11) is 0. The maximum atomic E-state index is 12.4. The Hall–Kier alpha value is -1.34. The third-order valence-corrected chi connectivity index (χ3v) is 5.72. The fraction of sp³-hybridized carbons (Fsp3) is 0.562. The van der Waals surface area contributed by atoms with Gasteiger partial charge in [-0.25, -0.2) is 14.8 Å². The van der Waals surface area contributed by atoms with E-state index in [-0.39, 0.29) is 23.7 Å². The first kappa shape index (κ1) is 16.1. The average molecular weight is 414 g/mol. The van der Waals surface area contributed by atoms with Crippen LogP contribution in [0, 0.1) is 0 Å². The lowest BCUT2D eigenvalue weighted by Crippen LogP contribution is -2.55. The zero-order valence-electron chi connectivity index (χ0n) is 13.5. The fourth-order valence-electron chi connectivity index (χ4n) is 3.85. The fourth-order valence-corrected chi connectivity index (χ4v) is 4.76. The summed E-state index contributed by atoms with van der Waals surface area (Å²) in [4.78, 5) is 23.0. The summed E-state index contributed by atoms with van der Waals surface area (Å²) in [5.41, 5.74) is 0.381. The second-order valence-electron chi connectivity index (χ2n) is 7.11. The van der Waals surface area contributed by atoms with Crippen LogP contribution in [0.4, 0.5) is 4.79 Å². The Bertz CT molecular complexity index is 822. The van der Waals surface area contributed by atoms with E-state index in [9.17, 15) is 4.79 Å². The minimum Gasteiger partial charge on any atom is -0.443 e. The molecule has 0 aliphatic carbocycles. The average Bonchev–Trinajstić information content (AvgIpc) is 2.84. The standard InChI is InChI=1S/C16H18BrClN4O2/c1-16(2)7-10-4-3-9(8-22(10)15(23)24-16)14-20-12(17)11-13(18)19-5-6-21(11)14/h5-6,9-10H,3-4,7-8H2,1-2H3. The molecule has 0 bridgehead atoms. The predicted molar refractivity (Wildman–Crippen MR) is 93.3 cm³/mol. The van der Waals surface area contributed by atoms with Crippen LogP contribution in [0.2, 0.25) is 5.15 Å². The van der Waals surface area contributed by atoms with Crippen molar-refractivity contribution >= 4 is 39.1 Å². The van der Waals surface area contributed by atoms with Gasteiger partial charge < -0.3 is 9.64 Å². The zero-order valence-corrected chi connectivity index (χ0v) is 15.8. The largest absolute Gasteiger partial charge is 0.443 e. The van der Waals surface area contributed by atoms with Crippen molar-refractivity contribution in [3.63, 3.8) is 0 Å². The molecule has 4 heterocycles. The Morgan fingerprint density at radius 1 is 1.42 bits per heavy atom. The summed E-state index contributed by atoms with van der Waals surface area (Å²) in [6.45, 7) is 4.57. The Balaban J connectivity index is 1.66. The molecule has 6 nitrogen and oxygen atoms in total. The molecule has 2 aromatic rings. The van der Waals surface area contributed by atoms with Gasteiger partial charge in [0.2, 0.25) is 0 Å². The lowest BCUT2D eigenvalue weighted by Gasteiger charge is -2.46. The summed E-state index contributed by atoms with van der Waals surface area (Å²) in [5.74, 6) is 1.05. The van der Waals surface area contributed by atoms with Gasteiger partial charge in [0.25, 0.3) is 0 Å². The SMILES string of the molecule is CC1(C)CC2CCC(c3nc(Br)c4c(Cl)nccn34)CN2C(=O)O1. The highest BCUT2D eigenvalue weighted by molar-refractivity contribution is 9.10. The van der Waals surface area contributed by atoms with Gasteiger partial charge >= 0.3 is 6.09 Å². The number of fused-ring (bicyclic) bond motifs is 2. The van der Waals surface area contributed by atoms with Gasteiger partial charge in [0.05, 0.1) is 0 Å². The van der Waals surface area contributed by atoms with Gasteiger partial charge in [-0.15, -0.1) is 0 Å². The molecule has 0 N–H and O–H groups in total. The molecule has 2 aliphatic heterocycles. The molecule has 1 amide bonds. The quantitative estimate of drug-likeness (QED) is 0.709. The van der Waals surface area contributed by atoms with Gasteiger partial charge in [-0.3, -0.25) is 4.40 Å². The number of amides is 1. The highest BCUT2D eigenvalue weighted by Crippen LogP contribution is 2.38. The van der Waals surface area contributed by atoms with E-state index in [1.807, 2.05) is 29.3 Å². The number of ether oxygens (including phenoxy) is 1. The summed E-state index contributed by atoms with van der Waals surface area (Å²) in [6, 6.07) is 0.248. The van der Waals surface area contributed by atoms with E-state index < -0.39 is 0 Å². The highest BCUT2D eigenvalue weighted by atomic mass is 79.9. The van der Waals surface area contributed by atoms with Crippen molar-refractivity contribution in [1.29, 1.82) is 0 Å². The topological polar surface area (TPSA) is 59.7 Å². The molecule has 0 spiro atoms. The molecule has 0 radical (unpaired) electrons. The van der Waals surface area contributed by atoms with Crippen LogP contribution in [-0.4, -0.2) is 43.5 Å². The number of hydrogen-bond donors (Lipinski definition) is 0. The minimum absolute atomic E-state index is 0.146. The van der Waals surface area contributed by atoms with Crippen molar-refractivity contribution < 1.29 is 9.53 Å². The molecule has 4 rings (SSSR count). The minimum atomic E-state index is -0.382. The van der Waals surface area contributed by atoms with E-state index in [1.54, 1.807) is 6.20 Å². The second kappa shape index (κ2) is 5.59. The number of halogens is 2. The molecular weight excluding hydrogens is 396 g/mol. The molecule has 2 aliphatic rings. The van der Waals surface area contributed by atoms with Crippen LogP contribution >= 0.6 is 27.5 Å². The number of nitrogens with zero attached hydrogens (tertiary/aromatic N) is 4. The van der Waals surface area contributed by atoms with Crippen molar-refractivity contribution in [2.24, 2.45) is 0 Å². The van der Waals surface area contributed by atoms with Crippen LogP contribution in [0.25, 0.3) is 5.52 Å². The van der Waals surface area contributed by atoms with Crippen molar-refractivity contribution in [1.82, 2.24) is 19.3 Å². The molecule has 128 valence electrons. The van der Waals surface area contributed by atoms with Crippen LogP contribution in [0.1, 0.15) is 44.9 Å². The molecule has 24 heavy (non-hydrogen) atoms. The molecule has 0 saturated carbocycles. The summed E-state index contributed by atoms with van der Waals surface area (Å²) >= 11 is 9.66. The van der Waals surface area contributed by atoms with Crippen LogP contribution in [0.5, 0.6) is 0 Å². The summed E-state index contributed by atoms with van der Waals surface area (Å²) in [5, 5.41) is 0.413. The molecule has 8 heteroatoms. The van der Waals surface area contributed by atoms with Gasteiger partial charge in [-0.1, -0.05) is 11.6 Å². The van der Waals surface area contributed by atoms with Gasteiger partial charge in [0, 0.05) is 37.3 Å². The maximum absolute atomic E-state index is 12.4. The predicted octanol–water partition coefficient (Wildman–Crippen LogP) is 4.01. The molecule has 2 aromatic heterocycles. The first-order valence-electron chi connectivity index (χ1n) is 8.03. The maximum Gasteiger partial charge on any atom is 0.410 e. The number of carbonyl (C=O) groups excluding carboxylic acids is 1. The van der Waals surface area contributed by atoms with E-state index >= 15 is 0 Å². The summed E-state index contributed by atoms with van der Waals surface area (Å²) < 4.78 is 8.20. The monoisotopic (exact) mass is 412 g/mol. The van der Waals surface area contributed by atoms with E-state index in [1.165, 1.54) is 0 Å². The van der Waals surface area contributed by atoms with Crippen molar-refractivity contribution in [2.75, 3.05) is 6.54 Å². The number of imidazole rings is 1. The lowest BCUT2D eigenvalue weighted by atomic mass is 9.85. The molecule has 0 aromatic carbocycles. The number of hydrogen-bond acceptors (Lipinski definition) is 4. The Morgan fingerprint density at radius 2 is 2.21 bits per heavy atom. The van der Waals surface area contributed by atoms with Gasteiger partial charge in [-0.05, 0) is 42.6 Å². The lowest BCUT2D eigenvalue weighted by molar-refractivity contribution is -0.0603. The van der Waals surface area contributed by atoms with Crippen LogP contribution in [-0.2, 0) is 4.74 Å². The number of aromatic nitrogens is 3. The van der Waals surface area contributed by atoms with E-state index in [2.05, 4.69) is 25.9 Å². The summed E-state index contributed by atoms with van der Waals surface area (Å²) in [6.07, 6.45) is 6.10. The molecule has 2 saturated heterocycles. The van der Waals surface area contributed by atoms with E-state index in [0.29, 0.717) is 16.3 Å². The van der Waals surface area contributed by atoms with Crippen molar-refractivity contribution in [3.8, 4) is 0 Å². The highest BCUT2D eigenvalue weighted by Gasteiger charge is 2.43. The van der Waals surface area contributed by atoms with Crippen LogP contribution in [0.15, 0.2) is 17.0 Å². The smallest absolute Gasteiger partial charge is 0.410 e. The Morgan fingerprint density at radius 3 is 3.00 bits per heavy atom. The Kier molecular flexibility index (Phi) is 3.76. The Labute approximate surface area is 153 Å². The normalized spacial score (nSPS) is 26.3. The molecule has 2 unspecified atom stereocenters. The van der Waals surface area contributed by atoms with E-state index in [4.69, 9.17) is 16.3 Å². The number of piperidine rings is 1. The molecular formula is C16H18BrClN4O2. The third kappa shape index (κ3) is 2.58. The van der Waals surface area contributed by atoms with Crippen LogP contribution < -0.4 is 0 Å². The second-order valence-corrected chi connectivity index (χ2v) is 8.22.